The summed E-state index contributed by atoms with van der Waals surface area (Å²) in [7, 11) is -3.52. The van der Waals surface area contributed by atoms with Crippen LogP contribution >= 0.6 is 23.2 Å². The molecule has 3 aromatic carbocycles. The van der Waals surface area contributed by atoms with E-state index in [1.54, 1.807) is 30.3 Å². The van der Waals surface area contributed by atoms with Crippen molar-refractivity contribution in [2.75, 3.05) is 5.32 Å². The third-order valence-electron chi connectivity index (χ3n) is 5.47. The van der Waals surface area contributed by atoms with E-state index in [1.165, 1.54) is 23.3 Å². The first-order valence-electron chi connectivity index (χ1n) is 11.1. The zero-order valence-corrected chi connectivity index (χ0v) is 21.5. The van der Waals surface area contributed by atoms with Gasteiger partial charge in [-0.25, -0.2) is 13.2 Å². The normalized spacial score (nSPS) is 11.3. The van der Waals surface area contributed by atoms with Crippen LogP contribution in [0, 0.1) is 0 Å². The van der Waals surface area contributed by atoms with E-state index in [9.17, 15) is 13.2 Å². The molecule has 180 valence electrons. The van der Waals surface area contributed by atoms with Crippen LogP contribution in [0.4, 0.5) is 10.5 Å². The number of carbonyl (C=O) groups excluding carboxylic acids is 1. The first kappa shape index (κ1) is 26.1. The predicted molar refractivity (Wildman–Crippen MR) is 139 cm³/mol. The summed E-state index contributed by atoms with van der Waals surface area (Å²) in [5.41, 5.74) is 4.42. The third-order valence-corrected chi connectivity index (χ3v) is 8.03. The van der Waals surface area contributed by atoms with Gasteiger partial charge in [0.25, 0.3) is 0 Å². The van der Waals surface area contributed by atoms with Gasteiger partial charge in [-0.15, -0.1) is 0 Å². The molecule has 0 unspecified atom stereocenters. The molecule has 0 saturated carbocycles. The van der Waals surface area contributed by atoms with Crippen molar-refractivity contribution in [1.82, 2.24) is 5.32 Å². The number of hydrogen-bond donors (Lipinski definition) is 2. The molecule has 0 aliphatic heterocycles. The zero-order valence-electron chi connectivity index (χ0n) is 19.2. The summed E-state index contributed by atoms with van der Waals surface area (Å²) in [5, 5.41) is 6.20. The van der Waals surface area contributed by atoms with Gasteiger partial charge in [-0.2, -0.15) is 0 Å². The maximum absolute atomic E-state index is 12.9. The number of sulfone groups is 1. The lowest BCUT2D eigenvalue weighted by molar-refractivity contribution is 0.251. The van der Waals surface area contributed by atoms with Gasteiger partial charge >= 0.3 is 6.03 Å². The van der Waals surface area contributed by atoms with Gasteiger partial charge in [0.2, 0.25) is 0 Å². The van der Waals surface area contributed by atoms with Gasteiger partial charge in [0, 0.05) is 12.2 Å². The Morgan fingerprint density at radius 2 is 1.65 bits per heavy atom. The average Bonchev–Trinajstić information content (AvgIpc) is 2.81. The molecule has 0 fully saturated rings. The number of anilines is 1. The number of urea groups is 1. The summed E-state index contributed by atoms with van der Waals surface area (Å²) in [6.07, 6.45) is 2.91. The van der Waals surface area contributed by atoms with E-state index in [4.69, 9.17) is 23.2 Å². The molecule has 0 bridgehead atoms. The number of nitrogens with one attached hydrogen (secondary N) is 2. The van der Waals surface area contributed by atoms with Crippen LogP contribution in [0.2, 0.25) is 10.0 Å². The minimum Gasteiger partial charge on any atom is -0.334 e. The van der Waals surface area contributed by atoms with Crippen LogP contribution in [-0.2, 0) is 35.0 Å². The van der Waals surface area contributed by atoms with Crippen LogP contribution in [0.15, 0.2) is 65.6 Å². The van der Waals surface area contributed by atoms with E-state index >= 15 is 0 Å². The molecular formula is C26H28Cl2N2O3S. The van der Waals surface area contributed by atoms with Crippen molar-refractivity contribution in [3.05, 3.63) is 93.0 Å². The van der Waals surface area contributed by atoms with E-state index < -0.39 is 15.9 Å². The maximum atomic E-state index is 12.9. The minimum atomic E-state index is -3.52. The van der Waals surface area contributed by atoms with Gasteiger partial charge in [0.05, 0.1) is 20.7 Å². The fourth-order valence-electron chi connectivity index (χ4n) is 3.70. The lowest BCUT2D eigenvalue weighted by Gasteiger charge is -2.12. The van der Waals surface area contributed by atoms with E-state index in [1.807, 2.05) is 18.2 Å². The van der Waals surface area contributed by atoms with Crippen LogP contribution in [-0.4, -0.2) is 14.4 Å². The molecule has 0 aromatic heterocycles. The van der Waals surface area contributed by atoms with Gasteiger partial charge in [-0.3, -0.25) is 0 Å². The number of benzene rings is 3. The van der Waals surface area contributed by atoms with Crippen molar-refractivity contribution in [3.63, 3.8) is 0 Å². The molecule has 0 saturated heterocycles. The van der Waals surface area contributed by atoms with E-state index in [2.05, 4.69) is 24.5 Å². The van der Waals surface area contributed by atoms with Crippen LogP contribution < -0.4 is 10.6 Å². The molecule has 3 rings (SSSR count). The quantitative estimate of drug-likeness (QED) is 0.326. The Morgan fingerprint density at radius 3 is 2.32 bits per heavy atom. The van der Waals surface area contributed by atoms with Gasteiger partial charge < -0.3 is 10.6 Å². The van der Waals surface area contributed by atoms with E-state index in [0.717, 1.165) is 24.8 Å². The highest BCUT2D eigenvalue weighted by Crippen LogP contribution is 2.25. The number of hydrogen-bond acceptors (Lipinski definition) is 3. The van der Waals surface area contributed by atoms with Crippen LogP contribution in [0.5, 0.6) is 0 Å². The maximum Gasteiger partial charge on any atom is 0.319 e. The highest BCUT2D eigenvalue weighted by molar-refractivity contribution is 7.90. The SMILES string of the molecule is CCCc1ccc(CS(=O)(=O)c2ccc(NC(=O)NCc3cccc(Cl)c3Cl)cc2)cc1CC. The lowest BCUT2D eigenvalue weighted by atomic mass is 9.99. The monoisotopic (exact) mass is 518 g/mol. The molecule has 0 aliphatic carbocycles. The molecular weight excluding hydrogens is 491 g/mol. The molecule has 0 radical (unpaired) electrons. The molecule has 2 N–H and O–H groups in total. The average molecular weight is 519 g/mol. The molecule has 5 nitrogen and oxygen atoms in total. The van der Waals surface area contributed by atoms with Crippen LogP contribution in [0.3, 0.4) is 0 Å². The van der Waals surface area contributed by atoms with Gasteiger partial charge in [-0.1, -0.05) is 73.8 Å². The largest absolute Gasteiger partial charge is 0.334 e. The molecule has 0 atom stereocenters. The Kier molecular flexibility index (Phi) is 9.00. The molecule has 2 amide bonds. The molecule has 3 aromatic rings. The zero-order chi connectivity index (χ0) is 24.7. The standard InChI is InChI=1S/C26H28Cl2N2O3S/c1-3-6-20-10-9-18(15-19(20)4-2)17-34(32,33)23-13-11-22(12-14-23)30-26(31)29-16-21-7-5-8-24(27)25(21)28/h5,7-15H,3-4,6,16-17H2,1-2H3,(H2,29,30,31). The number of halogens is 2. The van der Waals surface area contributed by atoms with Crippen molar-refractivity contribution in [2.45, 2.75) is 50.3 Å². The Labute approximate surface area is 211 Å². The first-order valence-corrected chi connectivity index (χ1v) is 13.6. The van der Waals surface area contributed by atoms with Crippen molar-refractivity contribution in [2.24, 2.45) is 0 Å². The summed E-state index contributed by atoms with van der Waals surface area (Å²) in [4.78, 5) is 12.4. The smallest absolute Gasteiger partial charge is 0.319 e. The highest BCUT2D eigenvalue weighted by Gasteiger charge is 2.16. The van der Waals surface area contributed by atoms with Crippen LogP contribution in [0.1, 0.15) is 42.5 Å². The Morgan fingerprint density at radius 1 is 0.912 bits per heavy atom. The van der Waals surface area contributed by atoms with Crippen molar-refractivity contribution < 1.29 is 13.2 Å². The predicted octanol–water partition coefficient (Wildman–Crippen LogP) is 6.80. The molecule has 0 aliphatic rings. The topological polar surface area (TPSA) is 75.3 Å². The van der Waals surface area contributed by atoms with Gasteiger partial charge in [0.1, 0.15) is 0 Å². The molecule has 34 heavy (non-hydrogen) atoms. The van der Waals surface area contributed by atoms with Crippen molar-refractivity contribution in [1.29, 1.82) is 0 Å². The summed E-state index contributed by atoms with van der Waals surface area (Å²) >= 11 is 12.1. The highest BCUT2D eigenvalue weighted by atomic mass is 35.5. The Hall–Kier alpha value is -2.54. The van der Waals surface area contributed by atoms with Crippen LogP contribution in [0.25, 0.3) is 0 Å². The molecule has 0 spiro atoms. The fourth-order valence-corrected chi connectivity index (χ4v) is 5.42. The second-order valence-electron chi connectivity index (χ2n) is 8.01. The van der Waals surface area contributed by atoms with E-state index in [0.29, 0.717) is 21.3 Å². The fraction of sp³-hybridized carbons (Fsp3) is 0.269. The first-order chi connectivity index (χ1) is 16.2. The lowest BCUT2D eigenvalue weighted by Crippen LogP contribution is -2.28. The summed E-state index contributed by atoms with van der Waals surface area (Å²) in [5.74, 6) is -0.0694. The molecule has 8 heteroatoms. The molecule has 0 heterocycles. The minimum absolute atomic E-state index is 0.0694. The summed E-state index contributed by atoms with van der Waals surface area (Å²) in [6.45, 7) is 4.42. The number of aryl methyl sites for hydroxylation is 2. The van der Waals surface area contributed by atoms with Gasteiger partial charge in [0.15, 0.2) is 9.84 Å². The van der Waals surface area contributed by atoms with E-state index in [-0.39, 0.29) is 17.2 Å². The third kappa shape index (κ3) is 6.75. The second kappa shape index (κ2) is 11.7. The summed E-state index contributed by atoms with van der Waals surface area (Å²) in [6, 6.07) is 16.8. The van der Waals surface area contributed by atoms with Crippen molar-refractivity contribution >= 4 is 44.8 Å². The van der Waals surface area contributed by atoms with Crippen molar-refractivity contribution in [3.8, 4) is 0 Å². The Bertz CT molecular complexity index is 1260. The second-order valence-corrected chi connectivity index (χ2v) is 10.8. The number of rotatable bonds is 9. The number of amides is 2. The summed E-state index contributed by atoms with van der Waals surface area (Å²) < 4.78 is 25.9. The number of carbonyl (C=O) groups is 1. The Balaban J connectivity index is 1.62. The van der Waals surface area contributed by atoms with Gasteiger partial charge in [-0.05, 0) is 65.4 Å².